The molecule has 2 heterocycles. The van der Waals surface area contributed by atoms with Crippen LogP contribution in [0.15, 0.2) is 0 Å². The summed E-state index contributed by atoms with van der Waals surface area (Å²) in [4.78, 5) is 2.48. The van der Waals surface area contributed by atoms with Crippen molar-refractivity contribution in [3.05, 3.63) is 0 Å². The maximum atomic E-state index is 6.07. The molecule has 0 aromatic carbocycles. The Kier molecular flexibility index (Phi) is 4.79. The first-order valence-electron chi connectivity index (χ1n) is 6.82. The van der Waals surface area contributed by atoms with Gasteiger partial charge in [0.25, 0.3) is 0 Å². The van der Waals surface area contributed by atoms with E-state index in [1.54, 1.807) is 0 Å². The Balaban J connectivity index is 1.87. The fourth-order valence-electron chi connectivity index (χ4n) is 2.94. The number of nitrogens with one attached hydrogen (secondary N) is 1. The number of hydrogen-bond acceptors (Lipinski definition) is 4. The molecule has 4 heteroatoms. The normalized spacial score (nSPS) is 28.8. The number of ether oxygens (including phenoxy) is 2. The molecule has 2 aliphatic heterocycles. The van der Waals surface area contributed by atoms with Gasteiger partial charge in [0.1, 0.15) is 0 Å². The summed E-state index contributed by atoms with van der Waals surface area (Å²) in [6, 6.07) is 0.676. The first kappa shape index (κ1) is 13.3. The molecule has 0 amide bonds. The molecule has 0 radical (unpaired) electrons. The monoisotopic (exact) mass is 242 g/mol. The molecular weight excluding hydrogens is 216 g/mol. The van der Waals surface area contributed by atoms with Crippen molar-refractivity contribution in [3.8, 4) is 0 Å². The van der Waals surface area contributed by atoms with Gasteiger partial charge in [0.05, 0.1) is 5.60 Å². The van der Waals surface area contributed by atoms with Crippen LogP contribution in [0.3, 0.4) is 0 Å². The van der Waals surface area contributed by atoms with Crippen LogP contribution in [0.5, 0.6) is 0 Å². The van der Waals surface area contributed by atoms with Crippen molar-refractivity contribution in [2.75, 3.05) is 47.0 Å². The number of nitrogens with zero attached hydrogens (tertiary/aromatic N) is 1. The van der Waals surface area contributed by atoms with Crippen molar-refractivity contribution in [1.29, 1.82) is 0 Å². The van der Waals surface area contributed by atoms with E-state index in [2.05, 4.69) is 17.3 Å². The van der Waals surface area contributed by atoms with E-state index in [0.29, 0.717) is 6.04 Å². The lowest BCUT2D eigenvalue weighted by Crippen LogP contribution is -2.51. The maximum Gasteiger partial charge on any atom is 0.0741 e. The number of likely N-dealkylation sites (N-methyl/N-ethyl adjacent to an activating group) is 2. The van der Waals surface area contributed by atoms with Gasteiger partial charge in [0.15, 0.2) is 0 Å². The lowest BCUT2D eigenvalue weighted by Gasteiger charge is -2.45. The fourth-order valence-corrected chi connectivity index (χ4v) is 2.94. The van der Waals surface area contributed by atoms with Gasteiger partial charge in [-0.2, -0.15) is 0 Å². The van der Waals surface area contributed by atoms with Gasteiger partial charge < -0.3 is 19.7 Å². The standard InChI is InChI=1S/C13H26N2O2/c1-14-6-7-15(2)12-3-8-17-13(11-12)4-9-16-10-5-13/h12,14H,3-11H2,1-2H3. The van der Waals surface area contributed by atoms with Crippen molar-refractivity contribution in [2.24, 2.45) is 0 Å². The Hall–Kier alpha value is -0.160. The minimum Gasteiger partial charge on any atom is -0.381 e. The van der Waals surface area contributed by atoms with Crippen molar-refractivity contribution in [3.63, 3.8) is 0 Å². The second-order valence-corrected chi connectivity index (χ2v) is 5.37. The van der Waals surface area contributed by atoms with Crippen LogP contribution in [0.25, 0.3) is 0 Å². The van der Waals surface area contributed by atoms with Gasteiger partial charge in [0.2, 0.25) is 0 Å². The molecule has 100 valence electrons. The topological polar surface area (TPSA) is 33.7 Å². The third-order valence-electron chi connectivity index (χ3n) is 4.21. The summed E-state index contributed by atoms with van der Waals surface area (Å²) in [6.45, 7) is 4.83. The third-order valence-corrected chi connectivity index (χ3v) is 4.21. The molecule has 2 aliphatic rings. The Morgan fingerprint density at radius 2 is 2.06 bits per heavy atom. The SMILES string of the molecule is CNCCN(C)C1CCOC2(CCOCC2)C1. The number of hydrogen-bond donors (Lipinski definition) is 1. The Bertz CT molecular complexity index is 224. The van der Waals surface area contributed by atoms with Gasteiger partial charge in [-0.05, 0) is 39.8 Å². The molecule has 0 bridgehead atoms. The minimum absolute atomic E-state index is 0.120. The van der Waals surface area contributed by atoms with Crippen LogP contribution in [0.1, 0.15) is 25.7 Å². The second-order valence-electron chi connectivity index (χ2n) is 5.37. The Labute approximate surface area is 105 Å². The van der Waals surface area contributed by atoms with E-state index >= 15 is 0 Å². The molecule has 2 rings (SSSR count). The van der Waals surface area contributed by atoms with E-state index in [-0.39, 0.29) is 5.60 Å². The molecule has 0 aliphatic carbocycles. The molecule has 1 atom stereocenters. The summed E-state index contributed by atoms with van der Waals surface area (Å²) in [6.07, 6.45) is 4.49. The summed E-state index contributed by atoms with van der Waals surface area (Å²) >= 11 is 0. The van der Waals surface area contributed by atoms with E-state index in [1.165, 1.54) is 12.8 Å². The molecule has 1 N–H and O–H groups in total. The summed E-state index contributed by atoms with van der Waals surface area (Å²) in [7, 11) is 4.25. The van der Waals surface area contributed by atoms with Crippen molar-refractivity contribution in [2.45, 2.75) is 37.3 Å². The molecule has 1 spiro atoms. The minimum atomic E-state index is 0.120. The van der Waals surface area contributed by atoms with Crippen molar-refractivity contribution in [1.82, 2.24) is 10.2 Å². The van der Waals surface area contributed by atoms with Gasteiger partial charge in [-0.15, -0.1) is 0 Å². The first-order valence-corrected chi connectivity index (χ1v) is 6.82. The molecule has 0 saturated carbocycles. The van der Waals surface area contributed by atoms with Crippen LogP contribution >= 0.6 is 0 Å². The largest absolute Gasteiger partial charge is 0.381 e. The van der Waals surface area contributed by atoms with Crippen LogP contribution in [-0.4, -0.2) is 63.5 Å². The van der Waals surface area contributed by atoms with Crippen LogP contribution < -0.4 is 5.32 Å². The first-order chi connectivity index (χ1) is 8.26. The Morgan fingerprint density at radius 1 is 1.29 bits per heavy atom. The van der Waals surface area contributed by atoms with Crippen LogP contribution in [0.4, 0.5) is 0 Å². The highest BCUT2D eigenvalue weighted by molar-refractivity contribution is 4.92. The number of rotatable bonds is 4. The summed E-state index contributed by atoms with van der Waals surface area (Å²) in [5.41, 5.74) is 0.120. The van der Waals surface area contributed by atoms with Gasteiger partial charge in [0, 0.05) is 39.0 Å². The van der Waals surface area contributed by atoms with E-state index < -0.39 is 0 Å². The van der Waals surface area contributed by atoms with Gasteiger partial charge >= 0.3 is 0 Å². The molecule has 2 fully saturated rings. The molecule has 0 aromatic heterocycles. The smallest absolute Gasteiger partial charge is 0.0741 e. The van der Waals surface area contributed by atoms with E-state index in [0.717, 1.165) is 45.8 Å². The summed E-state index contributed by atoms with van der Waals surface area (Å²) < 4.78 is 11.5. The van der Waals surface area contributed by atoms with Gasteiger partial charge in [-0.3, -0.25) is 0 Å². The third kappa shape index (κ3) is 3.41. The molecule has 4 nitrogen and oxygen atoms in total. The van der Waals surface area contributed by atoms with E-state index in [1.807, 2.05) is 7.05 Å². The van der Waals surface area contributed by atoms with Crippen molar-refractivity contribution < 1.29 is 9.47 Å². The molecule has 2 saturated heterocycles. The maximum absolute atomic E-state index is 6.07. The van der Waals surface area contributed by atoms with Gasteiger partial charge in [-0.1, -0.05) is 0 Å². The van der Waals surface area contributed by atoms with E-state index in [9.17, 15) is 0 Å². The zero-order valence-corrected chi connectivity index (χ0v) is 11.2. The molecular formula is C13H26N2O2. The average molecular weight is 242 g/mol. The highest BCUT2D eigenvalue weighted by atomic mass is 16.5. The predicted molar refractivity (Wildman–Crippen MR) is 68.3 cm³/mol. The molecule has 0 aromatic rings. The second kappa shape index (κ2) is 6.14. The van der Waals surface area contributed by atoms with Crippen LogP contribution in [0.2, 0.25) is 0 Å². The highest BCUT2D eigenvalue weighted by Gasteiger charge is 2.39. The lowest BCUT2D eigenvalue weighted by molar-refractivity contribution is -0.149. The predicted octanol–water partition coefficient (Wildman–Crippen LogP) is 0.866. The van der Waals surface area contributed by atoms with E-state index in [4.69, 9.17) is 9.47 Å². The molecule has 1 unspecified atom stereocenters. The van der Waals surface area contributed by atoms with Crippen molar-refractivity contribution >= 4 is 0 Å². The quantitative estimate of drug-likeness (QED) is 0.793. The van der Waals surface area contributed by atoms with Crippen LogP contribution in [0, 0.1) is 0 Å². The van der Waals surface area contributed by atoms with Gasteiger partial charge in [-0.25, -0.2) is 0 Å². The van der Waals surface area contributed by atoms with Crippen LogP contribution in [-0.2, 0) is 9.47 Å². The zero-order chi connectivity index (χ0) is 12.1. The summed E-state index contributed by atoms with van der Waals surface area (Å²) in [5, 5.41) is 3.22. The average Bonchev–Trinajstić information content (AvgIpc) is 2.37. The zero-order valence-electron chi connectivity index (χ0n) is 11.2. The lowest BCUT2D eigenvalue weighted by atomic mass is 9.83. The highest BCUT2D eigenvalue weighted by Crippen LogP contribution is 2.35. The Morgan fingerprint density at radius 3 is 2.76 bits per heavy atom. The fraction of sp³-hybridized carbons (Fsp3) is 1.00. The molecule has 17 heavy (non-hydrogen) atoms. The summed E-state index contributed by atoms with van der Waals surface area (Å²) in [5.74, 6) is 0.